The number of amides is 3. The van der Waals surface area contributed by atoms with E-state index >= 15 is 0 Å². The Bertz CT molecular complexity index is 2000. The van der Waals surface area contributed by atoms with Crippen LogP contribution in [0.2, 0.25) is 0 Å². The number of esters is 2. The highest BCUT2D eigenvalue weighted by molar-refractivity contribution is 6.32. The second kappa shape index (κ2) is 11.7. The lowest BCUT2D eigenvalue weighted by Crippen LogP contribution is -2.52. The van der Waals surface area contributed by atoms with Crippen molar-refractivity contribution in [2.24, 2.45) is 0 Å². The summed E-state index contributed by atoms with van der Waals surface area (Å²) in [6, 6.07) is 31.7. The number of carboxylic acid groups (broad SMARTS) is 1. The Balaban J connectivity index is 1.22. The van der Waals surface area contributed by atoms with E-state index in [1.807, 2.05) is 91.0 Å². The summed E-state index contributed by atoms with van der Waals surface area (Å²) in [6.45, 7) is 0. The molecule has 0 bridgehead atoms. The molecule has 2 heterocycles. The van der Waals surface area contributed by atoms with Gasteiger partial charge in [-0.1, -0.05) is 91.0 Å². The van der Waals surface area contributed by atoms with Crippen molar-refractivity contribution in [1.82, 2.24) is 10.2 Å². The molecule has 0 spiro atoms. The summed E-state index contributed by atoms with van der Waals surface area (Å²) in [6.07, 6.45) is -0.727. The normalized spacial score (nSPS) is 14.5. The first-order chi connectivity index (χ1) is 23.2. The molecule has 2 aliphatic rings. The van der Waals surface area contributed by atoms with E-state index < -0.39 is 47.2 Å². The van der Waals surface area contributed by atoms with Crippen molar-refractivity contribution in [3.8, 4) is 0 Å². The number of ether oxygens (including phenoxy) is 1. The first kappa shape index (κ1) is 30.2. The smallest absolute Gasteiger partial charge is 0.346 e. The maximum atomic E-state index is 13.9. The van der Waals surface area contributed by atoms with Crippen molar-refractivity contribution in [1.29, 1.82) is 0 Å². The highest BCUT2D eigenvalue weighted by atomic mass is 16.6. The fourth-order valence-corrected chi connectivity index (χ4v) is 6.70. The molecule has 3 amide bonds. The highest BCUT2D eigenvalue weighted by Gasteiger charge is 2.44. The van der Waals surface area contributed by atoms with Gasteiger partial charge in [0.2, 0.25) is 5.91 Å². The minimum Gasteiger partial charge on any atom is -0.480 e. The number of imide groups is 1. The zero-order chi connectivity index (χ0) is 33.6. The van der Waals surface area contributed by atoms with Crippen molar-refractivity contribution in [2.75, 3.05) is 0 Å². The summed E-state index contributed by atoms with van der Waals surface area (Å²) in [5.41, 5.74) is 1.11. The molecule has 10 heteroatoms. The summed E-state index contributed by atoms with van der Waals surface area (Å²) in [4.78, 5) is 79.7. The van der Waals surface area contributed by atoms with E-state index in [0.717, 1.165) is 16.7 Å². The molecule has 10 nitrogen and oxygen atoms in total. The molecule has 0 fully saturated rings. The molecule has 0 aliphatic carbocycles. The first-order valence-corrected chi connectivity index (χ1v) is 15.2. The van der Waals surface area contributed by atoms with Crippen LogP contribution in [0.4, 0.5) is 0 Å². The Morgan fingerprint density at radius 2 is 1.02 bits per heavy atom. The molecule has 2 aliphatic heterocycles. The van der Waals surface area contributed by atoms with Crippen LogP contribution in [-0.4, -0.2) is 51.7 Å². The first-order valence-electron chi connectivity index (χ1n) is 15.2. The average Bonchev–Trinajstić information content (AvgIpc) is 3.11. The monoisotopic (exact) mass is 638 g/mol. The van der Waals surface area contributed by atoms with Gasteiger partial charge in [-0.15, -0.1) is 0 Å². The van der Waals surface area contributed by atoms with Crippen LogP contribution < -0.4 is 5.32 Å². The van der Waals surface area contributed by atoms with Gasteiger partial charge < -0.3 is 15.2 Å². The van der Waals surface area contributed by atoms with E-state index in [2.05, 4.69) is 5.32 Å². The standard InChI is InChI=1S/C38H26N2O8/c41-30(39-38(22-10-4-1-5-11-22,23-12-6-2-7-13-23)24-14-8-3-9-15-24)21-20-29(35(44)45)40-33(42)25-16-18-27-32-28(37(47)48-36(27)46)19-17-26(31(25)32)34(40)43/h1-19,29H,20-21H2,(H,39,41)(H,44,45)/t29-/m0/s1. The van der Waals surface area contributed by atoms with Gasteiger partial charge in [-0.25, -0.2) is 14.4 Å². The Morgan fingerprint density at radius 1 is 0.625 bits per heavy atom. The lowest BCUT2D eigenvalue weighted by molar-refractivity contribution is -0.142. The van der Waals surface area contributed by atoms with Gasteiger partial charge in [-0.3, -0.25) is 19.3 Å². The van der Waals surface area contributed by atoms with Crippen LogP contribution in [-0.2, 0) is 19.9 Å². The number of hydrogen-bond acceptors (Lipinski definition) is 7. The zero-order valence-electron chi connectivity index (χ0n) is 25.2. The zero-order valence-corrected chi connectivity index (χ0v) is 25.2. The van der Waals surface area contributed by atoms with Gasteiger partial charge >= 0.3 is 17.9 Å². The van der Waals surface area contributed by atoms with Crippen molar-refractivity contribution < 1.29 is 38.6 Å². The topological polar surface area (TPSA) is 147 Å². The van der Waals surface area contributed by atoms with Gasteiger partial charge in [0.05, 0.1) is 11.1 Å². The van der Waals surface area contributed by atoms with Gasteiger partial charge in [0.15, 0.2) is 0 Å². The third-order valence-electron chi connectivity index (χ3n) is 8.87. The van der Waals surface area contributed by atoms with Crippen molar-refractivity contribution >= 4 is 46.4 Å². The van der Waals surface area contributed by atoms with Crippen molar-refractivity contribution in [3.63, 3.8) is 0 Å². The lowest BCUT2D eigenvalue weighted by atomic mass is 9.77. The number of nitrogens with one attached hydrogen (secondary N) is 1. The third kappa shape index (κ3) is 4.73. The number of hydrogen-bond donors (Lipinski definition) is 2. The average molecular weight is 639 g/mol. The summed E-state index contributed by atoms with van der Waals surface area (Å²) in [7, 11) is 0. The van der Waals surface area contributed by atoms with Gasteiger partial charge in [0, 0.05) is 28.3 Å². The van der Waals surface area contributed by atoms with Crippen LogP contribution in [0.15, 0.2) is 115 Å². The van der Waals surface area contributed by atoms with E-state index in [9.17, 15) is 33.9 Å². The minimum absolute atomic E-state index is 0.0180. The molecule has 0 saturated carbocycles. The molecule has 0 saturated heterocycles. The molecule has 0 aromatic heterocycles. The van der Waals surface area contributed by atoms with Crippen LogP contribution in [0.25, 0.3) is 10.8 Å². The Morgan fingerprint density at radius 3 is 1.44 bits per heavy atom. The van der Waals surface area contributed by atoms with Crippen molar-refractivity contribution in [2.45, 2.75) is 24.4 Å². The van der Waals surface area contributed by atoms with Crippen LogP contribution >= 0.6 is 0 Å². The largest absolute Gasteiger partial charge is 0.480 e. The molecule has 236 valence electrons. The predicted molar refractivity (Wildman–Crippen MR) is 172 cm³/mol. The fraction of sp³-hybridized carbons (Fsp3) is 0.105. The van der Waals surface area contributed by atoms with E-state index in [0.29, 0.717) is 4.90 Å². The summed E-state index contributed by atoms with van der Waals surface area (Å²) in [5.74, 6) is -5.63. The van der Waals surface area contributed by atoms with Gasteiger partial charge in [0.25, 0.3) is 11.8 Å². The summed E-state index contributed by atoms with van der Waals surface area (Å²) < 4.78 is 4.78. The maximum Gasteiger partial charge on any atom is 0.346 e. The summed E-state index contributed by atoms with van der Waals surface area (Å²) in [5, 5.41) is 13.7. The number of rotatable bonds is 9. The quantitative estimate of drug-likeness (QED) is 0.0983. The molecular weight excluding hydrogens is 612 g/mol. The maximum absolute atomic E-state index is 13.9. The van der Waals surface area contributed by atoms with E-state index in [1.165, 1.54) is 24.3 Å². The summed E-state index contributed by atoms with van der Waals surface area (Å²) >= 11 is 0. The number of benzene rings is 5. The van der Waals surface area contributed by atoms with Gasteiger partial charge in [0.1, 0.15) is 11.6 Å². The Kier molecular flexibility index (Phi) is 7.40. The van der Waals surface area contributed by atoms with E-state index in [1.54, 1.807) is 0 Å². The van der Waals surface area contributed by atoms with Crippen molar-refractivity contribution in [3.05, 3.63) is 154 Å². The second-order valence-corrected chi connectivity index (χ2v) is 11.5. The second-order valence-electron chi connectivity index (χ2n) is 11.5. The minimum atomic E-state index is -1.70. The van der Waals surface area contributed by atoms with Crippen LogP contribution in [0.1, 0.15) is 71.0 Å². The number of cyclic esters (lactones) is 2. The molecule has 5 aromatic rings. The molecule has 0 radical (unpaired) electrons. The van der Waals surface area contributed by atoms with Gasteiger partial charge in [-0.05, 0) is 47.4 Å². The number of nitrogens with zero attached hydrogens (tertiary/aromatic N) is 1. The Hall–Kier alpha value is -6.42. The van der Waals surface area contributed by atoms with Crippen LogP contribution in [0.5, 0.6) is 0 Å². The SMILES string of the molecule is O=C(CC[C@@H](C(=O)O)N1C(=O)c2ccc3c4c(ccc(c24)C1=O)C(=O)OC3=O)NC(c1ccccc1)(c1ccccc1)c1ccccc1. The Labute approximate surface area is 273 Å². The van der Waals surface area contributed by atoms with Crippen LogP contribution in [0, 0.1) is 0 Å². The predicted octanol–water partition coefficient (Wildman–Crippen LogP) is 5.09. The van der Waals surface area contributed by atoms with Crippen LogP contribution in [0.3, 0.4) is 0 Å². The highest BCUT2D eigenvalue weighted by Crippen LogP contribution is 2.39. The molecule has 5 aromatic carbocycles. The third-order valence-corrected chi connectivity index (χ3v) is 8.87. The fourth-order valence-electron chi connectivity index (χ4n) is 6.70. The lowest BCUT2D eigenvalue weighted by Gasteiger charge is -2.37. The van der Waals surface area contributed by atoms with Gasteiger partial charge in [-0.2, -0.15) is 0 Å². The molecule has 48 heavy (non-hydrogen) atoms. The van der Waals surface area contributed by atoms with E-state index in [4.69, 9.17) is 4.74 Å². The molecule has 1 atom stereocenters. The molecular formula is C38H26N2O8. The van der Waals surface area contributed by atoms with E-state index in [-0.39, 0.29) is 45.9 Å². The number of carbonyl (C=O) groups excluding carboxylic acids is 5. The molecule has 0 unspecified atom stereocenters. The molecule has 7 rings (SSSR count). The number of carboxylic acids is 1. The number of aliphatic carboxylic acids is 1. The number of carbonyl (C=O) groups is 6. The molecule has 2 N–H and O–H groups in total.